The van der Waals surface area contributed by atoms with E-state index in [4.69, 9.17) is 4.74 Å². The van der Waals surface area contributed by atoms with E-state index < -0.39 is 0 Å². The summed E-state index contributed by atoms with van der Waals surface area (Å²) in [6.45, 7) is 18.9. The van der Waals surface area contributed by atoms with E-state index in [1.165, 1.54) is 0 Å². The van der Waals surface area contributed by atoms with E-state index in [1.807, 2.05) is 49.5 Å². The molecular weight excluding hydrogens is 322 g/mol. The summed E-state index contributed by atoms with van der Waals surface area (Å²) in [4.78, 5) is 4.67. The highest BCUT2D eigenvalue weighted by Gasteiger charge is 2.25. The Labute approximate surface area is 157 Å². The molecule has 0 bridgehead atoms. The summed E-state index contributed by atoms with van der Waals surface area (Å²) in [5.41, 5.74) is 3.28. The van der Waals surface area contributed by atoms with Crippen molar-refractivity contribution in [1.82, 2.24) is 10.6 Å². The molecule has 0 aromatic heterocycles. The first-order valence-corrected chi connectivity index (χ1v) is 8.82. The quantitative estimate of drug-likeness (QED) is 0.716. The molecule has 0 fully saturated rings. The standard InChI is InChI=1S/C22H29N3O/c1-8-20(26-18-12-10-9-11-13-18)25-21-16(3)23-14-19(21)15(2)24-17(4)22(5,6)7/h8-14,17,23-24H,2-3H2,1,4-7H3/b20-8+,25-21+/t17-/m0/s1. The smallest absolute Gasteiger partial charge is 0.215 e. The predicted octanol–water partition coefficient (Wildman–Crippen LogP) is 4.91. The van der Waals surface area contributed by atoms with Gasteiger partial charge in [-0.25, -0.2) is 4.99 Å². The molecule has 1 aromatic carbocycles. The molecule has 4 heteroatoms. The summed E-state index contributed by atoms with van der Waals surface area (Å²) in [6, 6.07) is 9.85. The first-order valence-electron chi connectivity index (χ1n) is 8.82. The number of nitrogens with zero attached hydrogens (tertiary/aromatic N) is 1. The molecule has 1 aliphatic heterocycles. The second-order valence-corrected chi connectivity index (χ2v) is 7.39. The largest absolute Gasteiger partial charge is 0.439 e. The van der Waals surface area contributed by atoms with Crippen molar-refractivity contribution >= 4 is 5.71 Å². The second kappa shape index (κ2) is 8.09. The fourth-order valence-corrected chi connectivity index (χ4v) is 2.24. The van der Waals surface area contributed by atoms with Gasteiger partial charge in [0, 0.05) is 23.5 Å². The lowest BCUT2D eigenvalue weighted by Gasteiger charge is -2.30. The second-order valence-electron chi connectivity index (χ2n) is 7.39. The Morgan fingerprint density at radius 3 is 2.50 bits per heavy atom. The van der Waals surface area contributed by atoms with E-state index >= 15 is 0 Å². The number of aliphatic imine (C=N–C) groups is 1. The Bertz CT molecular complexity index is 764. The topological polar surface area (TPSA) is 45.7 Å². The van der Waals surface area contributed by atoms with Gasteiger partial charge in [-0.1, -0.05) is 52.1 Å². The molecular formula is C22H29N3O. The van der Waals surface area contributed by atoms with Gasteiger partial charge in [0.2, 0.25) is 5.88 Å². The number of benzene rings is 1. The highest BCUT2D eigenvalue weighted by molar-refractivity contribution is 6.16. The van der Waals surface area contributed by atoms with Crippen LogP contribution in [0.25, 0.3) is 0 Å². The maximum atomic E-state index is 5.86. The van der Waals surface area contributed by atoms with Crippen molar-refractivity contribution in [1.29, 1.82) is 0 Å². The van der Waals surface area contributed by atoms with Crippen molar-refractivity contribution in [2.24, 2.45) is 10.4 Å². The molecule has 1 atom stereocenters. The zero-order valence-corrected chi connectivity index (χ0v) is 16.4. The van der Waals surface area contributed by atoms with Crippen molar-refractivity contribution in [3.8, 4) is 5.75 Å². The molecule has 0 spiro atoms. The fourth-order valence-electron chi connectivity index (χ4n) is 2.24. The third-order valence-electron chi connectivity index (χ3n) is 4.38. The number of ether oxygens (including phenoxy) is 1. The van der Waals surface area contributed by atoms with Crippen LogP contribution in [0.3, 0.4) is 0 Å². The third-order valence-corrected chi connectivity index (χ3v) is 4.38. The van der Waals surface area contributed by atoms with E-state index in [1.54, 1.807) is 0 Å². The van der Waals surface area contributed by atoms with Gasteiger partial charge in [-0.3, -0.25) is 0 Å². The van der Waals surface area contributed by atoms with Crippen LogP contribution in [0.2, 0.25) is 0 Å². The van der Waals surface area contributed by atoms with E-state index in [0.717, 1.165) is 28.4 Å². The molecule has 138 valence electrons. The monoisotopic (exact) mass is 351 g/mol. The van der Waals surface area contributed by atoms with Crippen LogP contribution < -0.4 is 15.4 Å². The minimum Gasteiger partial charge on any atom is -0.439 e. The molecule has 2 rings (SSSR count). The van der Waals surface area contributed by atoms with Crippen molar-refractivity contribution in [3.05, 3.63) is 78.6 Å². The summed E-state index contributed by atoms with van der Waals surface area (Å²) in [5.74, 6) is 1.25. The van der Waals surface area contributed by atoms with Crippen molar-refractivity contribution in [2.75, 3.05) is 0 Å². The lowest BCUT2D eigenvalue weighted by atomic mass is 9.87. The van der Waals surface area contributed by atoms with Gasteiger partial charge in [-0.15, -0.1) is 0 Å². The van der Waals surface area contributed by atoms with Gasteiger partial charge in [-0.2, -0.15) is 0 Å². The minimum atomic E-state index is 0.120. The number of rotatable bonds is 6. The lowest BCUT2D eigenvalue weighted by Crippen LogP contribution is -2.37. The number of para-hydroxylation sites is 1. The van der Waals surface area contributed by atoms with Crippen LogP contribution in [0.15, 0.2) is 83.6 Å². The zero-order chi connectivity index (χ0) is 19.3. The molecule has 1 aliphatic rings. The molecule has 0 saturated carbocycles. The van der Waals surface area contributed by atoms with Crippen LogP contribution in [0.5, 0.6) is 5.75 Å². The van der Waals surface area contributed by atoms with Crippen LogP contribution in [0.1, 0.15) is 34.6 Å². The van der Waals surface area contributed by atoms with E-state index in [2.05, 4.69) is 56.5 Å². The average Bonchev–Trinajstić information content (AvgIpc) is 2.95. The van der Waals surface area contributed by atoms with Gasteiger partial charge < -0.3 is 15.4 Å². The van der Waals surface area contributed by atoms with Crippen molar-refractivity contribution in [3.63, 3.8) is 0 Å². The normalized spacial score (nSPS) is 17.6. The van der Waals surface area contributed by atoms with Gasteiger partial charge in [-0.05, 0) is 37.5 Å². The Morgan fingerprint density at radius 2 is 1.92 bits per heavy atom. The van der Waals surface area contributed by atoms with Crippen LogP contribution in [-0.2, 0) is 0 Å². The lowest BCUT2D eigenvalue weighted by molar-refractivity contribution is 0.305. The Kier molecular flexibility index (Phi) is 6.09. The summed E-state index contributed by atoms with van der Waals surface area (Å²) in [7, 11) is 0. The Morgan fingerprint density at radius 1 is 1.27 bits per heavy atom. The third kappa shape index (κ3) is 4.88. The average molecular weight is 351 g/mol. The maximum absolute atomic E-state index is 5.86. The molecule has 1 aromatic rings. The summed E-state index contributed by atoms with van der Waals surface area (Å²) < 4.78 is 5.86. The molecule has 0 amide bonds. The zero-order valence-electron chi connectivity index (χ0n) is 16.4. The molecule has 26 heavy (non-hydrogen) atoms. The van der Waals surface area contributed by atoms with E-state index in [0.29, 0.717) is 5.88 Å². The van der Waals surface area contributed by atoms with E-state index in [-0.39, 0.29) is 11.5 Å². The highest BCUT2D eigenvalue weighted by atomic mass is 16.5. The summed E-state index contributed by atoms with van der Waals surface area (Å²) in [6.07, 6.45) is 3.71. The first-order chi connectivity index (χ1) is 12.2. The van der Waals surface area contributed by atoms with Crippen LogP contribution in [0.4, 0.5) is 0 Å². The number of allylic oxidation sites excluding steroid dienone is 3. The molecule has 4 nitrogen and oxygen atoms in total. The molecule has 0 radical (unpaired) electrons. The van der Waals surface area contributed by atoms with Gasteiger partial charge in [0.05, 0.1) is 5.70 Å². The van der Waals surface area contributed by atoms with Gasteiger partial charge in [0.1, 0.15) is 11.5 Å². The number of hydrogen-bond donors (Lipinski definition) is 2. The van der Waals surface area contributed by atoms with E-state index in [9.17, 15) is 0 Å². The van der Waals surface area contributed by atoms with Gasteiger partial charge >= 0.3 is 0 Å². The van der Waals surface area contributed by atoms with Crippen LogP contribution in [0, 0.1) is 5.41 Å². The van der Waals surface area contributed by atoms with Crippen molar-refractivity contribution in [2.45, 2.75) is 40.7 Å². The summed E-state index contributed by atoms with van der Waals surface area (Å²) >= 11 is 0. The molecule has 1 heterocycles. The highest BCUT2D eigenvalue weighted by Crippen LogP contribution is 2.24. The molecule has 0 saturated heterocycles. The van der Waals surface area contributed by atoms with Gasteiger partial charge in [0.25, 0.3) is 0 Å². The fraction of sp³-hybridized carbons (Fsp3) is 0.318. The number of hydrogen-bond acceptors (Lipinski definition) is 4. The molecule has 0 unspecified atom stereocenters. The van der Waals surface area contributed by atoms with Crippen molar-refractivity contribution < 1.29 is 4.74 Å². The van der Waals surface area contributed by atoms with Crippen LogP contribution >= 0.6 is 0 Å². The maximum Gasteiger partial charge on any atom is 0.215 e. The minimum absolute atomic E-state index is 0.120. The Balaban J connectivity index is 2.20. The summed E-state index contributed by atoms with van der Waals surface area (Å²) in [5, 5.41) is 6.60. The van der Waals surface area contributed by atoms with Gasteiger partial charge in [0.15, 0.2) is 0 Å². The SMILES string of the molecule is C=C(N[C@@H](C)C(C)(C)C)C1=CNC(=C)/C1=N\C(=C/C)Oc1ccccc1. The molecule has 2 N–H and O–H groups in total. The number of nitrogens with one attached hydrogen (secondary N) is 2. The van der Waals surface area contributed by atoms with Crippen LogP contribution in [-0.4, -0.2) is 11.8 Å². The Hall–Kier alpha value is -2.75. The first kappa shape index (κ1) is 19.6. The predicted molar refractivity (Wildman–Crippen MR) is 110 cm³/mol. The molecule has 0 aliphatic carbocycles.